The van der Waals surface area contributed by atoms with Crippen LogP contribution in [0.15, 0.2) is 53.0 Å². The summed E-state index contributed by atoms with van der Waals surface area (Å²) in [7, 11) is 0. The number of primary amides is 1. The van der Waals surface area contributed by atoms with Gasteiger partial charge in [0, 0.05) is 22.3 Å². The molecule has 7 nitrogen and oxygen atoms in total. The molecule has 3 N–H and O–H groups in total. The number of amides is 3. The van der Waals surface area contributed by atoms with Crippen LogP contribution in [0.1, 0.15) is 23.2 Å². The van der Waals surface area contributed by atoms with E-state index in [0.29, 0.717) is 30.0 Å². The van der Waals surface area contributed by atoms with E-state index in [4.69, 9.17) is 10.5 Å². The molecule has 1 saturated heterocycles. The molecule has 0 radical (unpaired) electrons. The lowest BCUT2D eigenvalue weighted by Crippen LogP contribution is -2.43. The van der Waals surface area contributed by atoms with E-state index in [1.54, 1.807) is 53.4 Å². The molecule has 1 aliphatic rings. The first-order valence-corrected chi connectivity index (χ1v) is 9.62. The molecule has 3 rings (SSSR count). The molecule has 2 aromatic carbocycles. The molecule has 1 fully saturated rings. The average molecular weight is 446 g/mol. The summed E-state index contributed by atoms with van der Waals surface area (Å²) >= 11 is 3.35. The highest BCUT2D eigenvalue weighted by Crippen LogP contribution is 2.23. The van der Waals surface area contributed by atoms with Crippen molar-refractivity contribution in [2.24, 2.45) is 5.73 Å². The van der Waals surface area contributed by atoms with Crippen molar-refractivity contribution in [3.05, 3.63) is 58.6 Å². The number of hydrogen-bond donors (Lipinski definition) is 2. The fraction of sp³-hybridized carbons (Fsp3) is 0.250. The smallest absolute Gasteiger partial charge is 0.255 e. The van der Waals surface area contributed by atoms with Gasteiger partial charge in [0.1, 0.15) is 11.8 Å². The highest BCUT2D eigenvalue weighted by Gasteiger charge is 2.34. The summed E-state index contributed by atoms with van der Waals surface area (Å²) in [6, 6.07) is 13.2. The Labute approximate surface area is 171 Å². The fourth-order valence-electron chi connectivity index (χ4n) is 3.06. The van der Waals surface area contributed by atoms with Gasteiger partial charge in [0.05, 0.1) is 0 Å². The lowest BCUT2D eigenvalue weighted by Gasteiger charge is -2.24. The molecule has 0 aliphatic carbocycles. The van der Waals surface area contributed by atoms with Crippen LogP contribution in [0, 0.1) is 0 Å². The van der Waals surface area contributed by atoms with Gasteiger partial charge in [0.2, 0.25) is 5.91 Å². The number of benzene rings is 2. The Balaban J connectivity index is 1.63. The van der Waals surface area contributed by atoms with Crippen LogP contribution in [0.5, 0.6) is 5.75 Å². The van der Waals surface area contributed by atoms with Crippen LogP contribution in [0.3, 0.4) is 0 Å². The minimum atomic E-state index is -0.561. The normalized spacial score (nSPS) is 15.9. The van der Waals surface area contributed by atoms with Gasteiger partial charge < -0.3 is 20.7 Å². The van der Waals surface area contributed by atoms with E-state index in [0.717, 1.165) is 10.9 Å². The Kier molecular flexibility index (Phi) is 6.30. The summed E-state index contributed by atoms with van der Waals surface area (Å²) in [5.41, 5.74) is 6.17. The molecule has 0 bridgehead atoms. The summed E-state index contributed by atoms with van der Waals surface area (Å²) in [6.07, 6.45) is 1.40. The summed E-state index contributed by atoms with van der Waals surface area (Å²) in [4.78, 5) is 37.8. The molecule has 8 heteroatoms. The van der Waals surface area contributed by atoms with Gasteiger partial charge in [-0.1, -0.05) is 15.9 Å². The molecular weight excluding hydrogens is 426 g/mol. The maximum atomic E-state index is 12.8. The molecule has 2 aromatic rings. The number of halogens is 1. The predicted octanol–water partition coefficient (Wildman–Crippen LogP) is 2.56. The van der Waals surface area contributed by atoms with E-state index in [1.165, 1.54) is 0 Å². The van der Waals surface area contributed by atoms with Gasteiger partial charge in [-0.2, -0.15) is 0 Å². The average Bonchev–Trinajstić information content (AvgIpc) is 3.17. The molecule has 146 valence electrons. The molecule has 0 aromatic heterocycles. The maximum absolute atomic E-state index is 12.8. The van der Waals surface area contributed by atoms with Gasteiger partial charge in [-0.3, -0.25) is 14.4 Å². The van der Waals surface area contributed by atoms with Crippen LogP contribution >= 0.6 is 15.9 Å². The number of nitrogens with one attached hydrogen (secondary N) is 1. The van der Waals surface area contributed by atoms with Crippen molar-refractivity contribution in [3.8, 4) is 5.75 Å². The molecule has 1 heterocycles. The zero-order valence-corrected chi connectivity index (χ0v) is 16.6. The summed E-state index contributed by atoms with van der Waals surface area (Å²) in [5, 5.41) is 2.83. The second kappa shape index (κ2) is 8.88. The highest BCUT2D eigenvalue weighted by atomic mass is 79.9. The Morgan fingerprint density at radius 3 is 2.43 bits per heavy atom. The van der Waals surface area contributed by atoms with Crippen molar-refractivity contribution in [2.75, 3.05) is 18.5 Å². The van der Waals surface area contributed by atoms with Crippen molar-refractivity contribution >= 4 is 39.3 Å². The monoisotopic (exact) mass is 445 g/mol. The number of carbonyl (C=O) groups excluding carboxylic acids is 3. The third-order valence-electron chi connectivity index (χ3n) is 4.41. The number of nitrogens with zero attached hydrogens (tertiary/aromatic N) is 1. The first-order valence-electron chi connectivity index (χ1n) is 8.82. The van der Waals surface area contributed by atoms with Gasteiger partial charge in [-0.15, -0.1) is 0 Å². The van der Waals surface area contributed by atoms with E-state index in [9.17, 15) is 14.4 Å². The lowest BCUT2D eigenvalue weighted by molar-refractivity contribution is -0.120. The van der Waals surface area contributed by atoms with E-state index in [1.807, 2.05) is 0 Å². The van der Waals surface area contributed by atoms with E-state index >= 15 is 0 Å². The van der Waals surface area contributed by atoms with Crippen molar-refractivity contribution in [3.63, 3.8) is 0 Å². The first kappa shape index (κ1) is 19.9. The molecule has 0 spiro atoms. The van der Waals surface area contributed by atoms with Gasteiger partial charge in [-0.05, 0) is 61.4 Å². The summed E-state index contributed by atoms with van der Waals surface area (Å²) < 4.78 is 6.08. The van der Waals surface area contributed by atoms with Crippen LogP contribution in [0.2, 0.25) is 0 Å². The van der Waals surface area contributed by atoms with Crippen LogP contribution < -0.4 is 15.8 Å². The zero-order chi connectivity index (χ0) is 20.1. The summed E-state index contributed by atoms with van der Waals surface area (Å²) in [5.74, 6) is -0.465. The standard InChI is InChI=1S/C20H20BrN3O4/c21-14-5-3-13(4-6-14)20(27)24-11-1-2-17(24)19(26)23-15-7-9-16(10-8-15)28-12-18(22)25/h3-10,17H,1-2,11-12H2,(H2,22,25)(H,23,26). The third kappa shape index (κ3) is 4.89. The molecule has 0 saturated carbocycles. The number of likely N-dealkylation sites (tertiary alicyclic amines) is 1. The number of anilines is 1. The lowest BCUT2D eigenvalue weighted by atomic mass is 10.1. The van der Waals surface area contributed by atoms with Gasteiger partial charge >= 0.3 is 0 Å². The largest absolute Gasteiger partial charge is 0.484 e. The van der Waals surface area contributed by atoms with Crippen LogP contribution in [0.25, 0.3) is 0 Å². The van der Waals surface area contributed by atoms with E-state index < -0.39 is 11.9 Å². The Hall–Kier alpha value is -2.87. The fourth-order valence-corrected chi connectivity index (χ4v) is 3.32. The topological polar surface area (TPSA) is 102 Å². The van der Waals surface area contributed by atoms with Gasteiger partial charge in [-0.25, -0.2) is 0 Å². The van der Waals surface area contributed by atoms with Crippen LogP contribution in [0.4, 0.5) is 5.69 Å². The second-order valence-corrected chi connectivity index (χ2v) is 7.35. The van der Waals surface area contributed by atoms with Gasteiger partial charge in [0.25, 0.3) is 11.8 Å². The third-order valence-corrected chi connectivity index (χ3v) is 4.94. The molecule has 1 atom stereocenters. The molecular formula is C20H20BrN3O4. The number of hydrogen-bond acceptors (Lipinski definition) is 4. The number of ether oxygens (including phenoxy) is 1. The van der Waals surface area contributed by atoms with Crippen molar-refractivity contribution in [2.45, 2.75) is 18.9 Å². The molecule has 3 amide bonds. The van der Waals surface area contributed by atoms with Gasteiger partial charge in [0.15, 0.2) is 6.61 Å². The van der Waals surface area contributed by atoms with Crippen molar-refractivity contribution < 1.29 is 19.1 Å². The molecule has 28 heavy (non-hydrogen) atoms. The number of rotatable bonds is 6. The predicted molar refractivity (Wildman–Crippen MR) is 108 cm³/mol. The maximum Gasteiger partial charge on any atom is 0.255 e. The highest BCUT2D eigenvalue weighted by molar-refractivity contribution is 9.10. The SMILES string of the molecule is NC(=O)COc1ccc(NC(=O)C2CCCN2C(=O)c2ccc(Br)cc2)cc1. The van der Waals surface area contributed by atoms with E-state index in [2.05, 4.69) is 21.2 Å². The molecule has 1 aliphatic heterocycles. The van der Waals surface area contributed by atoms with Crippen molar-refractivity contribution in [1.29, 1.82) is 0 Å². The van der Waals surface area contributed by atoms with Crippen LogP contribution in [-0.4, -0.2) is 41.8 Å². The summed E-state index contributed by atoms with van der Waals surface area (Å²) in [6.45, 7) is 0.341. The van der Waals surface area contributed by atoms with Crippen molar-refractivity contribution in [1.82, 2.24) is 4.90 Å². The molecule has 1 unspecified atom stereocenters. The zero-order valence-electron chi connectivity index (χ0n) is 15.1. The number of nitrogens with two attached hydrogens (primary N) is 1. The quantitative estimate of drug-likeness (QED) is 0.712. The van der Waals surface area contributed by atoms with E-state index in [-0.39, 0.29) is 18.4 Å². The second-order valence-electron chi connectivity index (χ2n) is 6.43. The minimum Gasteiger partial charge on any atom is -0.484 e. The van der Waals surface area contributed by atoms with Crippen LogP contribution in [-0.2, 0) is 9.59 Å². The Morgan fingerprint density at radius 1 is 1.11 bits per heavy atom. The number of carbonyl (C=O) groups is 3. The first-order chi connectivity index (χ1) is 13.4. The Bertz CT molecular complexity index is 868. The minimum absolute atomic E-state index is 0.152. The Morgan fingerprint density at radius 2 is 1.79 bits per heavy atom.